The highest BCUT2D eigenvalue weighted by Crippen LogP contribution is 2.24. The van der Waals surface area contributed by atoms with Crippen molar-refractivity contribution in [2.45, 2.75) is 20.4 Å². The highest BCUT2D eigenvalue weighted by molar-refractivity contribution is 5.71. The standard InChI is InChI=1S/C19H21NO2/c1-13-7-14(2)9-17(8-13)16-5-3-15(4-6-16)10-20-11-18(12-20)19(21)22/h3-9,18H,10-12H2,1-2H3,(H,21,22). The molecule has 2 aromatic rings. The van der Waals surface area contributed by atoms with Crippen molar-refractivity contribution in [1.82, 2.24) is 4.90 Å². The molecule has 3 nitrogen and oxygen atoms in total. The number of hydrogen-bond donors (Lipinski definition) is 1. The smallest absolute Gasteiger partial charge is 0.309 e. The van der Waals surface area contributed by atoms with Crippen LogP contribution in [0.4, 0.5) is 0 Å². The number of rotatable bonds is 4. The van der Waals surface area contributed by atoms with Crippen LogP contribution in [0.5, 0.6) is 0 Å². The summed E-state index contributed by atoms with van der Waals surface area (Å²) in [6, 6.07) is 15.2. The Morgan fingerprint density at radius 2 is 1.64 bits per heavy atom. The molecule has 0 atom stereocenters. The van der Waals surface area contributed by atoms with Crippen molar-refractivity contribution in [3.63, 3.8) is 0 Å². The van der Waals surface area contributed by atoms with Gasteiger partial charge in [0.2, 0.25) is 0 Å². The van der Waals surface area contributed by atoms with Crippen LogP contribution in [0.25, 0.3) is 11.1 Å². The maximum Gasteiger partial charge on any atom is 0.309 e. The van der Waals surface area contributed by atoms with Crippen LogP contribution in [0.1, 0.15) is 16.7 Å². The van der Waals surface area contributed by atoms with Gasteiger partial charge in [-0.1, -0.05) is 53.6 Å². The topological polar surface area (TPSA) is 40.5 Å². The molecular formula is C19H21NO2. The average Bonchev–Trinajstić information content (AvgIpc) is 2.41. The Labute approximate surface area is 131 Å². The van der Waals surface area contributed by atoms with Gasteiger partial charge in [0.1, 0.15) is 0 Å². The summed E-state index contributed by atoms with van der Waals surface area (Å²) >= 11 is 0. The van der Waals surface area contributed by atoms with Crippen molar-refractivity contribution in [1.29, 1.82) is 0 Å². The molecule has 1 fully saturated rings. The first-order valence-electron chi connectivity index (χ1n) is 7.64. The molecule has 1 saturated heterocycles. The van der Waals surface area contributed by atoms with Crippen molar-refractivity contribution in [3.05, 3.63) is 59.2 Å². The third kappa shape index (κ3) is 3.20. The summed E-state index contributed by atoms with van der Waals surface area (Å²) < 4.78 is 0. The lowest BCUT2D eigenvalue weighted by molar-refractivity contribution is -0.147. The zero-order valence-electron chi connectivity index (χ0n) is 13.0. The number of carboxylic acid groups (broad SMARTS) is 1. The van der Waals surface area contributed by atoms with Crippen molar-refractivity contribution >= 4 is 5.97 Å². The second-order valence-electron chi connectivity index (χ2n) is 6.30. The average molecular weight is 295 g/mol. The molecule has 1 N–H and O–H groups in total. The normalized spacial score (nSPS) is 15.5. The molecule has 0 aromatic heterocycles. The molecule has 22 heavy (non-hydrogen) atoms. The molecular weight excluding hydrogens is 274 g/mol. The zero-order chi connectivity index (χ0) is 15.7. The molecule has 0 saturated carbocycles. The minimum absolute atomic E-state index is 0.186. The van der Waals surface area contributed by atoms with Crippen LogP contribution >= 0.6 is 0 Å². The van der Waals surface area contributed by atoms with E-state index in [9.17, 15) is 4.79 Å². The number of likely N-dealkylation sites (tertiary alicyclic amines) is 1. The number of carboxylic acids is 1. The molecule has 1 heterocycles. The van der Waals surface area contributed by atoms with E-state index in [2.05, 4.69) is 61.2 Å². The van der Waals surface area contributed by atoms with Gasteiger partial charge in [-0.3, -0.25) is 9.69 Å². The Morgan fingerprint density at radius 3 is 2.18 bits per heavy atom. The fourth-order valence-electron chi connectivity index (χ4n) is 3.06. The lowest BCUT2D eigenvalue weighted by Crippen LogP contribution is -2.49. The van der Waals surface area contributed by atoms with E-state index in [0.29, 0.717) is 13.1 Å². The minimum Gasteiger partial charge on any atom is -0.481 e. The molecule has 0 bridgehead atoms. The number of aryl methyl sites for hydroxylation is 2. The summed E-state index contributed by atoms with van der Waals surface area (Å²) in [6.45, 7) is 6.39. The summed E-state index contributed by atoms with van der Waals surface area (Å²) in [5, 5.41) is 8.90. The van der Waals surface area contributed by atoms with Crippen molar-refractivity contribution in [2.75, 3.05) is 13.1 Å². The molecule has 0 unspecified atom stereocenters. The Hall–Kier alpha value is -2.13. The molecule has 114 valence electrons. The molecule has 0 amide bonds. The van der Waals surface area contributed by atoms with E-state index in [1.165, 1.54) is 27.8 Å². The lowest BCUT2D eigenvalue weighted by Gasteiger charge is -2.36. The minimum atomic E-state index is -0.679. The van der Waals surface area contributed by atoms with Crippen LogP contribution in [0, 0.1) is 19.8 Å². The van der Waals surface area contributed by atoms with Gasteiger partial charge in [0.15, 0.2) is 0 Å². The number of carbonyl (C=O) groups is 1. The zero-order valence-corrected chi connectivity index (χ0v) is 13.0. The van der Waals surface area contributed by atoms with Crippen LogP contribution in [0.2, 0.25) is 0 Å². The summed E-state index contributed by atoms with van der Waals surface area (Å²) in [5.74, 6) is -0.865. The van der Waals surface area contributed by atoms with Gasteiger partial charge in [0.05, 0.1) is 5.92 Å². The van der Waals surface area contributed by atoms with Crippen LogP contribution in [0.3, 0.4) is 0 Å². The number of nitrogens with zero attached hydrogens (tertiary/aromatic N) is 1. The van der Waals surface area contributed by atoms with Crippen LogP contribution in [-0.2, 0) is 11.3 Å². The molecule has 3 heteroatoms. The molecule has 2 aromatic carbocycles. The van der Waals surface area contributed by atoms with E-state index < -0.39 is 5.97 Å². The molecule has 0 radical (unpaired) electrons. The first-order valence-corrected chi connectivity index (χ1v) is 7.64. The van der Waals surface area contributed by atoms with Gasteiger partial charge in [0.25, 0.3) is 0 Å². The Bertz CT molecular complexity index is 665. The first kappa shape index (κ1) is 14.8. The monoisotopic (exact) mass is 295 g/mol. The molecule has 1 aliphatic rings. The van der Waals surface area contributed by atoms with Crippen molar-refractivity contribution < 1.29 is 9.90 Å². The Kier molecular flexibility index (Phi) is 3.99. The molecule has 0 aliphatic carbocycles. The van der Waals surface area contributed by atoms with Crippen molar-refractivity contribution in [3.8, 4) is 11.1 Å². The van der Waals surface area contributed by atoms with Crippen molar-refractivity contribution in [2.24, 2.45) is 5.92 Å². The van der Waals surface area contributed by atoms with Crippen LogP contribution in [-0.4, -0.2) is 29.1 Å². The predicted molar refractivity (Wildman–Crippen MR) is 87.8 cm³/mol. The summed E-state index contributed by atoms with van der Waals surface area (Å²) in [5.41, 5.74) is 6.26. The number of aliphatic carboxylic acids is 1. The van der Waals surface area contributed by atoms with Gasteiger partial charge in [-0.25, -0.2) is 0 Å². The molecule has 0 spiro atoms. The largest absolute Gasteiger partial charge is 0.481 e. The Morgan fingerprint density at radius 1 is 1.05 bits per heavy atom. The van der Waals surface area contributed by atoms with E-state index in [1.807, 2.05) is 0 Å². The third-order valence-electron chi connectivity index (χ3n) is 4.22. The maximum absolute atomic E-state index is 10.8. The van der Waals surface area contributed by atoms with Gasteiger partial charge >= 0.3 is 5.97 Å². The summed E-state index contributed by atoms with van der Waals surface area (Å²) in [6.07, 6.45) is 0. The van der Waals surface area contributed by atoms with E-state index >= 15 is 0 Å². The van der Waals surface area contributed by atoms with Crippen LogP contribution < -0.4 is 0 Å². The second kappa shape index (κ2) is 5.93. The van der Waals surface area contributed by atoms with Crippen LogP contribution in [0.15, 0.2) is 42.5 Å². The predicted octanol–water partition coefficient (Wildman–Crippen LogP) is 3.49. The maximum atomic E-state index is 10.8. The summed E-state index contributed by atoms with van der Waals surface area (Å²) in [4.78, 5) is 13.0. The SMILES string of the molecule is Cc1cc(C)cc(-c2ccc(CN3CC(C(=O)O)C3)cc2)c1. The van der Waals surface area contributed by atoms with E-state index in [-0.39, 0.29) is 5.92 Å². The quantitative estimate of drug-likeness (QED) is 0.938. The second-order valence-corrected chi connectivity index (χ2v) is 6.30. The Balaban J connectivity index is 1.67. The number of benzene rings is 2. The fraction of sp³-hybridized carbons (Fsp3) is 0.316. The highest BCUT2D eigenvalue weighted by Gasteiger charge is 2.31. The third-order valence-corrected chi connectivity index (χ3v) is 4.22. The number of hydrogen-bond acceptors (Lipinski definition) is 2. The first-order chi connectivity index (χ1) is 10.5. The van der Waals surface area contributed by atoms with Gasteiger partial charge < -0.3 is 5.11 Å². The van der Waals surface area contributed by atoms with Gasteiger partial charge in [-0.2, -0.15) is 0 Å². The fourth-order valence-corrected chi connectivity index (χ4v) is 3.06. The van der Waals surface area contributed by atoms with E-state index in [1.54, 1.807) is 0 Å². The lowest BCUT2D eigenvalue weighted by atomic mass is 9.98. The summed E-state index contributed by atoms with van der Waals surface area (Å²) in [7, 11) is 0. The van der Waals surface area contributed by atoms with E-state index in [0.717, 1.165) is 6.54 Å². The van der Waals surface area contributed by atoms with Gasteiger partial charge in [0, 0.05) is 19.6 Å². The van der Waals surface area contributed by atoms with Gasteiger partial charge in [-0.15, -0.1) is 0 Å². The molecule has 3 rings (SSSR count). The highest BCUT2D eigenvalue weighted by atomic mass is 16.4. The molecule has 1 aliphatic heterocycles. The van der Waals surface area contributed by atoms with E-state index in [4.69, 9.17) is 5.11 Å². The van der Waals surface area contributed by atoms with Gasteiger partial charge in [-0.05, 0) is 30.5 Å².